The maximum absolute atomic E-state index is 8.34. The van der Waals surface area contributed by atoms with E-state index < -0.39 is 0 Å². The Bertz CT molecular complexity index is 682. The summed E-state index contributed by atoms with van der Waals surface area (Å²) >= 11 is 0. The maximum atomic E-state index is 8.34. The molecular weight excluding hydrogens is 320 g/mol. The quantitative estimate of drug-likeness (QED) is 0.222. The van der Waals surface area contributed by atoms with Crippen molar-refractivity contribution in [2.45, 2.75) is 19.3 Å². The van der Waals surface area contributed by atoms with Gasteiger partial charge in [-0.25, -0.2) is 0 Å². The zero-order chi connectivity index (χ0) is 17.7. The van der Waals surface area contributed by atoms with Crippen molar-refractivity contribution in [3.8, 4) is 11.5 Å². The molecule has 0 saturated heterocycles. The van der Waals surface area contributed by atoms with Crippen LogP contribution < -0.4 is 9.47 Å². The molecule has 0 spiro atoms. The summed E-state index contributed by atoms with van der Waals surface area (Å²) in [6.07, 6.45) is 2.85. The van der Waals surface area contributed by atoms with Crippen LogP contribution in [0.25, 0.3) is 20.9 Å². The normalized spacial score (nSPS) is 9.60. The molecule has 128 valence electrons. The highest BCUT2D eigenvalue weighted by atomic mass is 16.5. The first-order valence-electron chi connectivity index (χ1n) is 7.88. The van der Waals surface area contributed by atoms with Gasteiger partial charge in [-0.2, -0.15) is 0 Å². The van der Waals surface area contributed by atoms with Gasteiger partial charge in [-0.1, -0.05) is 10.2 Å². The minimum atomic E-state index is 0.569. The number of hydrogen-bond donors (Lipinski definition) is 0. The van der Waals surface area contributed by atoms with E-state index in [4.69, 9.17) is 20.5 Å². The number of nitrogens with zero attached hydrogens (tertiary/aromatic N) is 6. The molecule has 0 aliphatic heterocycles. The zero-order valence-corrected chi connectivity index (χ0v) is 13.7. The second kappa shape index (κ2) is 10.4. The highest BCUT2D eigenvalue weighted by Gasteiger charge is 1.97. The second-order valence-electron chi connectivity index (χ2n) is 5.12. The molecule has 0 heterocycles. The molecule has 0 bridgehead atoms. The molecule has 0 amide bonds. The van der Waals surface area contributed by atoms with Crippen molar-refractivity contribution < 1.29 is 9.47 Å². The lowest BCUT2D eigenvalue weighted by atomic mass is 10.2. The first-order valence-corrected chi connectivity index (χ1v) is 7.88. The summed E-state index contributed by atoms with van der Waals surface area (Å²) in [7, 11) is 0. The molecule has 2 aromatic carbocycles. The van der Waals surface area contributed by atoms with E-state index in [1.54, 1.807) is 48.5 Å². The number of rotatable bonds is 10. The Kier molecular flexibility index (Phi) is 7.52. The van der Waals surface area contributed by atoms with Gasteiger partial charge in [0.15, 0.2) is 0 Å². The van der Waals surface area contributed by atoms with Crippen molar-refractivity contribution in [3.63, 3.8) is 0 Å². The number of azide groups is 2. The van der Waals surface area contributed by atoms with E-state index in [2.05, 4.69) is 20.1 Å². The fraction of sp³-hybridized carbons (Fsp3) is 0.294. The fourth-order valence-corrected chi connectivity index (χ4v) is 2.08. The van der Waals surface area contributed by atoms with Crippen LogP contribution in [0.4, 0.5) is 11.4 Å². The molecule has 0 radical (unpaired) electrons. The van der Waals surface area contributed by atoms with E-state index in [1.807, 2.05) is 0 Å². The minimum absolute atomic E-state index is 0.569. The van der Waals surface area contributed by atoms with E-state index in [-0.39, 0.29) is 0 Å². The van der Waals surface area contributed by atoms with Crippen LogP contribution in [0.5, 0.6) is 11.5 Å². The van der Waals surface area contributed by atoms with Crippen LogP contribution >= 0.6 is 0 Å². The lowest BCUT2D eigenvalue weighted by molar-refractivity contribution is 0.279. The van der Waals surface area contributed by atoms with Gasteiger partial charge in [-0.15, -0.1) is 0 Å². The predicted octanol–water partition coefficient (Wildman–Crippen LogP) is 6.20. The molecule has 0 N–H and O–H groups in total. The van der Waals surface area contributed by atoms with Crippen molar-refractivity contribution in [2.75, 3.05) is 13.2 Å². The Morgan fingerprint density at radius 1 is 0.640 bits per heavy atom. The number of hydrogen-bond acceptors (Lipinski definition) is 4. The third-order valence-electron chi connectivity index (χ3n) is 3.32. The Morgan fingerprint density at radius 3 is 1.40 bits per heavy atom. The molecular formula is C17H18N6O2. The maximum Gasteiger partial charge on any atom is 0.119 e. The Balaban J connectivity index is 1.57. The van der Waals surface area contributed by atoms with Gasteiger partial charge in [0.1, 0.15) is 11.5 Å². The summed E-state index contributed by atoms with van der Waals surface area (Å²) in [5.74, 6) is 1.52. The van der Waals surface area contributed by atoms with E-state index in [1.165, 1.54) is 0 Å². The van der Waals surface area contributed by atoms with Crippen molar-refractivity contribution in [3.05, 3.63) is 69.4 Å². The molecule has 8 heteroatoms. The molecule has 2 rings (SSSR count). The van der Waals surface area contributed by atoms with Crippen molar-refractivity contribution in [1.82, 2.24) is 0 Å². The van der Waals surface area contributed by atoms with Crippen LogP contribution in [0.15, 0.2) is 58.8 Å². The van der Waals surface area contributed by atoms with E-state index in [0.717, 1.165) is 30.8 Å². The van der Waals surface area contributed by atoms with E-state index in [9.17, 15) is 0 Å². The summed E-state index contributed by atoms with van der Waals surface area (Å²) < 4.78 is 11.2. The van der Waals surface area contributed by atoms with Crippen LogP contribution in [0.3, 0.4) is 0 Å². The minimum Gasteiger partial charge on any atom is -0.494 e. The third-order valence-corrected chi connectivity index (χ3v) is 3.32. The molecule has 0 aliphatic rings. The molecule has 0 aromatic heterocycles. The summed E-state index contributed by atoms with van der Waals surface area (Å²) in [6.45, 7) is 1.25. The number of ether oxygens (including phenoxy) is 2. The molecule has 0 aliphatic carbocycles. The standard InChI is InChI=1S/C17H18N6O2/c18-22-20-14-4-8-16(9-5-14)24-12-2-1-3-13-25-17-10-6-15(7-11-17)21-23-19/h4-11H,1-3,12-13H2. The smallest absolute Gasteiger partial charge is 0.119 e. The number of benzene rings is 2. The van der Waals surface area contributed by atoms with Gasteiger partial charge < -0.3 is 9.47 Å². The van der Waals surface area contributed by atoms with Crippen LogP contribution in [0.2, 0.25) is 0 Å². The lowest BCUT2D eigenvalue weighted by Gasteiger charge is -2.08. The summed E-state index contributed by atoms with van der Waals surface area (Å²) in [5, 5.41) is 7.01. The van der Waals surface area contributed by atoms with E-state index >= 15 is 0 Å². The summed E-state index contributed by atoms with van der Waals surface area (Å²) in [4.78, 5) is 5.45. The van der Waals surface area contributed by atoms with Crippen molar-refractivity contribution >= 4 is 11.4 Å². The van der Waals surface area contributed by atoms with Gasteiger partial charge in [0.2, 0.25) is 0 Å². The molecule has 0 unspecified atom stereocenters. The van der Waals surface area contributed by atoms with Gasteiger partial charge in [-0.05, 0) is 78.9 Å². The SMILES string of the molecule is [N-]=[N+]=Nc1ccc(OCCCCCOc2ccc(N=[N+]=[N-])cc2)cc1. The Labute approximate surface area is 145 Å². The van der Waals surface area contributed by atoms with Gasteiger partial charge >= 0.3 is 0 Å². The highest BCUT2D eigenvalue weighted by molar-refractivity contribution is 5.41. The van der Waals surface area contributed by atoms with Crippen molar-refractivity contribution in [2.24, 2.45) is 10.2 Å². The second-order valence-corrected chi connectivity index (χ2v) is 5.12. The summed E-state index contributed by atoms with van der Waals surface area (Å²) in [6, 6.07) is 14.0. The Hall–Kier alpha value is -3.34. The molecule has 0 fully saturated rings. The molecule has 25 heavy (non-hydrogen) atoms. The number of unbranched alkanes of at least 4 members (excludes halogenated alkanes) is 2. The molecule has 0 saturated carbocycles. The molecule has 2 aromatic rings. The van der Waals surface area contributed by atoms with Crippen molar-refractivity contribution in [1.29, 1.82) is 0 Å². The average Bonchev–Trinajstić information content (AvgIpc) is 2.64. The topological polar surface area (TPSA) is 116 Å². The largest absolute Gasteiger partial charge is 0.494 e. The monoisotopic (exact) mass is 338 g/mol. The highest BCUT2D eigenvalue weighted by Crippen LogP contribution is 2.19. The zero-order valence-electron chi connectivity index (χ0n) is 13.7. The Morgan fingerprint density at radius 2 is 1.04 bits per heavy atom. The van der Waals surface area contributed by atoms with Crippen LogP contribution in [0, 0.1) is 0 Å². The van der Waals surface area contributed by atoms with Gasteiger partial charge in [-0.3, -0.25) is 0 Å². The van der Waals surface area contributed by atoms with E-state index in [0.29, 0.717) is 24.6 Å². The molecule has 0 atom stereocenters. The lowest BCUT2D eigenvalue weighted by Crippen LogP contribution is -2.00. The first-order chi connectivity index (χ1) is 12.3. The first kappa shape index (κ1) is 18.0. The average molecular weight is 338 g/mol. The van der Waals surface area contributed by atoms with Gasteiger partial charge in [0.25, 0.3) is 0 Å². The van der Waals surface area contributed by atoms with Gasteiger partial charge in [0.05, 0.1) is 13.2 Å². The molecule has 8 nitrogen and oxygen atoms in total. The fourth-order valence-electron chi connectivity index (χ4n) is 2.08. The summed E-state index contributed by atoms with van der Waals surface area (Å²) in [5.41, 5.74) is 17.8. The predicted molar refractivity (Wildman–Crippen MR) is 95.3 cm³/mol. The van der Waals surface area contributed by atoms with Gasteiger partial charge in [0, 0.05) is 21.2 Å². The third kappa shape index (κ3) is 6.74. The van der Waals surface area contributed by atoms with Crippen LogP contribution in [-0.2, 0) is 0 Å². The van der Waals surface area contributed by atoms with Crippen LogP contribution in [-0.4, -0.2) is 13.2 Å². The van der Waals surface area contributed by atoms with Crippen LogP contribution in [0.1, 0.15) is 19.3 Å².